The van der Waals surface area contributed by atoms with Crippen LogP contribution in [0.4, 0.5) is 0 Å². The number of aromatic nitrogens is 3. The fourth-order valence-corrected chi connectivity index (χ4v) is 3.63. The molecule has 1 aliphatic heterocycles. The predicted octanol–water partition coefficient (Wildman–Crippen LogP) is 3.69. The number of rotatable bonds is 3. The molecule has 0 radical (unpaired) electrons. The topological polar surface area (TPSA) is 61.9 Å². The molecule has 0 unspecified atom stereocenters. The highest BCUT2D eigenvalue weighted by molar-refractivity contribution is 5.54. The standard InChI is InChI=1S/C23H26N4O/c1-23(2,3)18-6-4-16(5-7-18)14-27-13-10-20-19(15-27)22(28)26-21(25-20)17-8-11-24-12-9-17/h4-9,11-12H,10,13-15H2,1-3H3,(H,25,26,28). The summed E-state index contributed by atoms with van der Waals surface area (Å²) in [6.07, 6.45) is 4.21. The van der Waals surface area contributed by atoms with Crippen molar-refractivity contribution >= 4 is 0 Å². The molecule has 1 aromatic carbocycles. The molecule has 0 bridgehead atoms. The van der Waals surface area contributed by atoms with E-state index in [4.69, 9.17) is 4.98 Å². The summed E-state index contributed by atoms with van der Waals surface area (Å²) in [7, 11) is 0. The van der Waals surface area contributed by atoms with Gasteiger partial charge in [0.05, 0.1) is 11.3 Å². The van der Waals surface area contributed by atoms with Crippen LogP contribution in [0.1, 0.15) is 43.2 Å². The minimum absolute atomic E-state index is 0.0374. The van der Waals surface area contributed by atoms with Crippen LogP contribution in [0.2, 0.25) is 0 Å². The lowest BCUT2D eigenvalue weighted by Gasteiger charge is -2.28. The average Bonchev–Trinajstić information content (AvgIpc) is 2.69. The molecule has 0 spiro atoms. The van der Waals surface area contributed by atoms with Crippen molar-refractivity contribution in [2.45, 2.75) is 45.7 Å². The molecule has 28 heavy (non-hydrogen) atoms. The van der Waals surface area contributed by atoms with Crippen molar-refractivity contribution in [3.8, 4) is 11.4 Å². The van der Waals surface area contributed by atoms with Crippen molar-refractivity contribution in [2.24, 2.45) is 0 Å². The fourth-order valence-electron chi connectivity index (χ4n) is 3.63. The van der Waals surface area contributed by atoms with Crippen LogP contribution in [0.25, 0.3) is 11.4 Å². The first-order chi connectivity index (χ1) is 13.4. The van der Waals surface area contributed by atoms with E-state index in [-0.39, 0.29) is 11.0 Å². The molecule has 1 N–H and O–H groups in total. The van der Waals surface area contributed by atoms with Crippen LogP contribution in [0.3, 0.4) is 0 Å². The van der Waals surface area contributed by atoms with Crippen molar-refractivity contribution in [1.29, 1.82) is 0 Å². The first-order valence-corrected chi connectivity index (χ1v) is 9.74. The number of aromatic amines is 1. The van der Waals surface area contributed by atoms with Gasteiger partial charge in [0.15, 0.2) is 0 Å². The summed E-state index contributed by atoms with van der Waals surface area (Å²) < 4.78 is 0. The average molecular weight is 374 g/mol. The molecule has 0 atom stereocenters. The Morgan fingerprint density at radius 3 is 2.46 bits per heavy atom. The zero-order chi connectivity index (χ0) is 19.7. The summed E-state index contributed by atoms with van der Waals surface area (Å²) in [5, 5.41) is 0. The number of H-pyrrole nitrogens is 1. The van der Waals surface area contributed by atoms with Crippen LogP contribution in [0.5, 0.6) is 0 Å². The van der Waals surface area contributed by atoms with Gasteiger partial charge >= 0.3 is 0 Å². The van der Waals surface area contributed by atoms with Crippen LogP contribution in [0.15, 0.2) is 53.6 Å². The molecule has 0 saturated carbocycles. The maximum absolute atomic E-state index is 12.7. The highest BCUT2D eigenvalue weighted by Gasteiger charge is 2.22. The van der Waals surface area contributed by atoms with Crippen molar-refractivity contribution in [1.82, 2.24) is 19.9 Å². The van der Waals surface area contributed by atoms with Crippen LogP contribution >= 0.6 is 0 Å². The molecule has 5 nitrogen and oxygen atoms in total. The van der Waals surface area contributed by atoms with E-state index in [2.05, 4.69) is 59.9 Å². The molecule has 0 saturated heterocycles. The van der Waals surface area contributed by atoms with Gasteiger partial charge in [-0.1, -0.05) is 45.0 Å². The molecule has 2 aromatic heterocycles. The Morgan fingerprint density at radius 1 is 1.07 bits per heavy atom. The van der Waals surface area contributed by atoms with Crippen LogP contribution in [0, 0.1) is 0 Å². The minimum Gasteiger partial charge on any atom is -0.306 e. The predicted molar refractivity (Wildman–Crippen MR) is 111 cm³/mol. The first kappa shape index (κ1) is 18.6. The number of hydrogen-bond donors (Lipinski definition) is 1. The van der Waals surface area contributed by atoms with E-state index < -0.39 is 0 Å². The molecular weight excluding hydrogens is 348 g/mol. The molecule has 5 heteroatoms. The lowest BCUT2D eigenvalue weighted by Crippen LogP contribution is -2.35. The Bertz CT molecular complexity index is 1020. The Morgan fingerprint density at radius 2 is 1.79 bits per heavy atom. The fraction of sp³-hybridized carbons (Fsp3) is 0.348. The summed E-state index contributed by atoms with van der Waals surface area (Å²) in [5.74, 6) is 0.623. The van der Waals surface area contributed by atoms with Gasteiger partial charge in [-0.15, -0.1) is 0 Å². The van der Waals surface area contributed by atoms with Crippen molar-refractivity contribution < 1.29 is 0 Å². The zero-order valence-electron chi connectivity index (χ0n) is 16.7. The second-order valence-electron chi connectivity index (χ2n) is 8.48. The maximum atomic E-state index is 12.7. The normalized spacial score (nSPS) is 14.7. The molecule has 3 heterocycles. The third-order valence-corrected chi connectivity index (χ3v) is 5.33. The third kappa shape index (κ3) is 3.90. The van der Waals surface area contributed by atoms with E-state index >= 15 is 0 Å². The molecule has 0 aliphatic carbocycles. The van der Waals surface area contributed by atoms with Gasteiger partial charge in [-0.2, -0.15) is 0 Å². The second kappa shape index (κ2) is 7.32. The number of fused-ring (bicyclic) bond motifs is 1. The maximum Gasteiger partial charge on any atom is 0.255 e. The number of hydrogen-bond acceptors (Lipinski definition) is 4. The van der Waals surface area contributed by atoms with E-state index in [1.54, 1.807) is 12.4 Å². The Hall–Kier alpha value is -2.79. The van der Waals surface area contributed by atoms with Gasteiger partial charge in [-0.25, -0.2) is 4.98 Å². The lowest BCUT2D eigenvalue weighted by molar-refractivity contribution is 0.242. The largest absolute Gasteiger partial charge is 0.306 e. The van der Waals surface area contributed by atoms with E-state index in [1.165, 1.54) is 11.1 Å². The number of pyridine rings is 1. The molecule has 0 amide bonds. The SMILES string of the molecule is CC(C)(C)c1ccc(CN2CCc3nc(-c4ccncc4)[nH]c(=O)c3C2)cc1. The Labute approximate surface area is 165 Å². The lowest BCUT2D eigenvalue weighted by atomic mass is 9.86. The smallest absolute Gasteiger partial charge is 0.255 e. The summed E-state index contributed by atoms with van der Waals surface area (Å²) in [4.78, 5) is 26.7. The van der Waals surface area contributed by atoms with Gasteiger partial charge in [-0.05, 0) is 28.7 Å². The van der Waals surface area contributed by atoms with Crippen molar-refractivity contribution in [3.05, 3.63) is 81.5 Å². The van der Waals surface area contributed by atoms with E-state index in [0.29, 0.717) is 12.4 Å². The summed E-state index contributed by atoms with van der Waals surface area (Å²) in [6, 6.07) is 12.5. The molecule has 3 aromatic rings. The third-order valence-electron chi connectivity index (χ3n) is 5.33. The molecule has 144 valence electrons. The highest BCUT2D eigenvalue weighted by Crippen LogP contribution is 2.24. The van der Waals surface area contributed by atoms with E-state index in [0.717, 1.165) is 36.3 Å². The summed E-state index contributed by atoms with van der Waals surface area (Å²) in [5.41, 5.74) is 5.32. The monoisotopic (exact) mass is 374 g/mol. The molecule has 1 aliphatic rings. The van der Waals surface area contributed by atoms with Gasteiger partial charge in [0.1, 0.15) is 5.82 Å². The van der Waals surface area contributed by atoms with Crippen LogP contribution in [-0.4, -0.2) is 26.4 Å². The Kier molecular flexibility index (Phi) is 4.85. The van der Waals surface area contributed by atoms with Crippen LogP contribution in [-0.2, 0) is 24.9 Å². The number of nitrogens with one attached hydrogen (secondary N) is 1. The van der Waals surface area contributed by atoms with Gasteiger partial charge in [0.25, 0.3) is 5.56 Å². The molecule has 4 rings (SSSR count). The Balaban J connectivity index is 1.51. The minimum atomic E-state index is -0.0374. The van der Waals surface area contributed by atoms with Gasteiger partial charge in [0.2, 0.25) is 0 Å². The first-order valence-electron chi connectivity index (χ1n) is 9.74. The van der Waals surface area contributed by atoms with Crippen molar-refractivity contribution in [2.75, 3.05) is 6.54 Å². The van der Waals surface area contributed by atoms with Crippen molar-refractivity contribution in [3.63, 3.8) is 0 Å². The van der Waals surface area contributed by atoms with Gasteiger partial charge in [0, 0.05) is 44.0 Å². The summed E-state index contributed by atoms with van der Waals surface area (Å²) >= 11 is 0. The van der Waals surface area contributed by atoms with Crippen LogP contribution < -0.4 is 5.56 Å². The quantitative estimate of drug-likeness (QED) is 0.760. The van der Waals surface area contributed by atoms with Gasteiger partial charge in [-0.3, -0.25) is 14.7 Å². The van der Waals surface area contributed by atoms with E-state index in [9.17, 15) is 4.79 Å². The number of benzene rings is 1. The summed E-state index contributed by atoms with van der Waals surface area (Å²) in [6.45, 7) is 9.06. The molecular formula is C23H26N4O. The van der Waals surface area contributed by atoms with Gasteiger partial charge < -0.3 is 4.98 Å². The van der Waals surface area contributed by atoms with E-state index in [1.807, 2.05) is 12.1 Å². The zero-order valence-corrected chi connectivity index (χ0v) is 16.7. The highest BCUT2D eigenvalue weighted by atomic mass is 16.1. The second-order valence-corrected chi connectivity index (χ2v) is 8.48. The molecule has 0 fully saturated rings. The number of nitrogens with zero attached hydrogens (tertiary/aromatic N) is 3.